The number of alkyl carbamates (subject to hydrolysis) is 1. The molecule has 4 atom stereocenters. The van der Waals surface area contributed by atoms with Gasteiger partial charge >= 0.3 is 18.2 Å². The number of anilines is 1. The van der Waals surface area contributed by atoms with Crippen molar-refractivity contribution in [2.45, 2.75) is 117 Å². The lowest BCUT2D eigenvalue weighted by molar-refractivity contribution is -0.137. The first kappa shape index (κ1) is 61.6. The number of alkyl halides is 1. The number of nitrogens with zero attached hydrogens (tertiary/aromatic N) is 4. The highest BCUT2D eigenvalue weighted by Gasteiger charge is 2.39. The summed E-state index contributed by atoms with van der Waals surface area (Å²) >= 11 is 0. The third-order valence-corrected chi connectivity index (χ3v) is 12.8. The number of unbranched alkanes of at least 4 members (excludes halogenated alkanes) is 2. The predicted octanol–water partition coefficient (Wildman–Crippen LogP) is 6.52. The first-order valence-electron chi connectivity index (χ1n) is 25.9. The summed E-state index contributed by atoms with van der Waals surface area (Å²) in [5, 5.41) is 23.1. The lowest BCUT2D eigenvalue weighted by atomic mass is 9.84. The first-order chi connectivity index (χ1) is 37.6. The Kier molecular flexibility index (Phi) is 23.0. The Balaban J connectivity index is 1.18. The summed E-state index contributed by atoms with van der Waals surface area (Å²) in [4.78, 5) is 109. The van der Waals surface area contributed by atoms with E-state index in [1.807, 2.05) is 30.3 Å². The van der Waals surface area contributed by atoms with Gasteiger partial charge in [-0.2, -0.15) is 0 Å². The molecule has 0 aliphatic carbocycles. The number of urea groups is 2. The minimum absolute atomic E-state index is 0.0696. The van der Waals surface area contributed by atoms with Crippen molar-refractivity contribution in [3.05, 3.63) is 120 Å². The topological polar surface area (TPSA) is 289 Å². The second-order valence-corrected chi connectivity index (χ2v) is 20.4. The molecule has 3 aromatic carbocycles. The number of rotatable bonds is 28. The molecule has 79 heavy (non-hydrogen) atoms. The molecule has 24 heteroatoms. The smallest absolute Gasteiger partial charge is 0.407 e. The number of nitrogens with one attached hydrogen (secondary N) is 6. The van der Waals surface area contributed by atoms with Gasteiger partial charge in [0.05, 0.1) is 17.8 Å². The van der Waals surface area contributed by atoms with Crippen LogP contribution in [0.3, 0.4) is 0 Å². The number of carbonyl (C=O) groups is 8. The van der Waals surface area contributed by atoms with Crippen LogP contribution in [0.1, 0.15) is 103 Å². The molecule has 10 amide bonds. The molecule has 21 nitrogen and oxygen atoms in total. The maximum absolute atomic E-state index is 15.1. The Morgan fingerprint density at radius 2 is 1.53 bits per heavy atom. The second kappa shape index (κ2) is 29.5. The van der Waals surface area contributed by atoms with Gasteiger partial charge in [0.15, 0.2) is 0 Å². The summed E-state index contributed by atoms with van der Waals surface area (Å²) in [6.07, 6.45) is 4.67. The summed E-state index contributed by atoms with van der Waals surface area (Å²) < 4.78 is 51.3. The van der Waals surface area contributed by atoms with E-state index in [4.69, 9.17) is 15.5 Å². The lowest BCUT2D eigenvalue weighted by Crippen LogP contribution is -2.54. The number of aromatic nitrogens is 2. The number of imidazole rings is 1. The largest absolute Gasteiger partial charge is 0.445 e. The number of carbonyl (C=O) groups excluding carboxylic acids is 8. The fraction of sp³-hybridized carbons (Fsp3) is 0.436. The zero-order chi connectivity index (χ0) is 57.8. The van der Waals surface area contributed by atoms with Crippen molar-refractivity contribution in [3.63, 3.8) is 0 Å². The van der Waals surface area contributed by atoms with Gasteiger partial charge in [-0.05, 0) is 84.9 Å². The van der Waals surface area contributed by atoms with Crippen molar-refractivity contribution in [1.82, 2.24) is 46.1 Å². The normalized spacial score (nSPS) is 13.8. The number of nitrogens with two attached hydrogens (primary N) is 1. The fourth-order valence-corrected chi connectivity index (χ4v) is 8.75. The molecule has 0 spiro atoms. The number of hydrogen-bond donors (Lipinski definition) is 8. The lowest BCUT2D eigenvalue weighted by Gasteiger charge is -2.40. The molecule has 2 heterocycles. The quantitative estimate of drug-likeness (QED) is 0.0131. The van der Waals surface area contributed by atoms with Crippen LogP contribution in [0.5, 0.6) is 0 Å². The van der Waals surface area contributed by atoms with Gasteiger partial charge in [-0.3, -0.25) is 34.1 Å². The van der Waals surface area contributed by atoms with Crippen molar-refractivity contribution in [1.29, 1.82) is 0 Å². The number of ether oxygens (including phenoxy) is 1. The number of primary amides is 1. The van der Waals surface area contributed by atoms with Gasteiger partial charge in [0, 0.05) is 62.2 Å². The van der Waals surface area contributed by atoms with Crippen LogP contribution in [0.15, 0.2) is 91.1 Å². The van der Waals surface area contributed by atoms with E-state index in [2.05, 4.69) is 26.6 Å². The first-order valence-corrected chi connectivity index (χ1v) is 25.9. The Labute approximate surface area is 456 Å². The fourth-order valence-electron chi connectivity index (χ4n) is 8.75. The molecule has 426 valence electrons. The highest BCUT2D eigenvalue weighted by Crippen LogP contribution is 2.40. The number of hydroxylamine groups is 1. The zero-order valence-corrected chi connectivity index (χ0v) is 44.9. The highest BCUT2D eigenvalue weighted by molar-refractivity contribution is 6.12. The van der Waals surface area contributed by atoms with E-state index in [9.17, 15) is 52.3 Å². The molecule has 1 aliphatic heterocycles. The van der Waals surface area contributed by atoms with Crippen LogP contribution in [0.2, 0.25) is 0 Å². The Morgan fingerprint density at radius 1 is 0.835 bits per heavy atom. The third kappa shape index (κ3) is 18.7. The van der Waals surface area contributed by atoms with Gasteiger partial charge in [-0.15, -0.1) is 0 Å². The molecule has 0 saturated carbocycles. The molecular formula is C55H70F3N11O10. The average molecular weight is 1100 g/mol. The van der Waals surface area contributed by atoms with Crippen molar-refractivity contribution in [2.24, 2.45) is 17.1 Å². The van der Waals surface area contributed by atoms with E-state index in [1.165, 1.54) is 29.2 Å². The maximum atomic E-state index is 15.1. The van der Waals surface area contributed by atoms with E-state index in [-0.39, 0.29) is 93.3 Å². The van der Waals surface area contributed by atoms with E-state index in [0.29, 0.717) is 30.5 Å². The number of amides is 10. The second-order valence-electron chi connectivity index (χ2n) is 20.4. The summed E-state index contributed by atoms with van der Waals surface area (Å²) in [6.45, 7) is 7.83. The van der Waals surface area contributed by atoms with Crippen LogP contribution < -0.4 is 37.8 Å². The van der Waals surface area contributed by atoms with E-state index in [0.717, 1.165) is 28.7 Å². The molecule has 4 aromatic rings. The molecule has 1 aromatic heterocycles. The predicted molar refractivity (Wildman–Crippen MR) is 285 cm³/mol. The number of halogens is 3. The van der Waals surface area contributed by atoms with Crippen LogP contribution in [-0.2, 0) is 41.9 Å². The number of imide groups is 1. The van der Waals surface area contributed by atoms with Crippen LogP contribution >= 0.6 is 0 Å². The minimum atomic E-state index is -1.18. The van der Waals surface area contributed by atoms with E-state index in [1.54, 1.807) is 63.0 Å². The Bertz CT molecular complexity index is 2770. The summed E-state index contributed by atoms with van der Waals surface area (Å²) in [5.41, 5.74) is 7.58. The minimum Gasteiger partial charge on any atom is -0.445 e. The van der Waals surface area contributed by atoms with Gasteiger partial charge in [0.1, 0.15) is 42.8 Å². The van der Waals surface area contributed by atoms with E-state index < -0.39 is 83.8 Å². The Morgan fingerprint density at radius 3 is 2.16 bits per heavy atom. The summed E-state index contributed by atoms with van der Waals surface area (Å²) in [7, 11) is 0. The molecule has 0 fully saturated rings. The standard InChI is InChI=1S/C55H70F3N11O10/c1-34(2)47(65-44(70)16-10-7-11-27-68-45(71)23-24-46(68)72)51(74)64-42(15-12-26-60-52(59)75)50(73)61-38-20-17-36(18-21-38)33-79-54(77)62-39(30-56)25-28-69(53(76)66-78)48(55(3,4)5)49-63-43(40-29-37(57)19-22-41(40)58)32-67(49)31-35-13-8-6-9-14-35/h6,8-9,13-14,17-24,29,32,34,39,42,47-48,78H,7,10-12,15-16,25-28,30-31,33H2,1-5H3,(H,61,73)(H,62,77)(H,64,74)(H,65,70)(H,66,76)(H3,59,60,75)/t39-,42-,47-,48-/m0/s1. The average Bonchev–Trinajstić information content (AvgIpc) is 4.10. The number of hydrogen-bond acceptors (Lipinski definition) is 11. The van der Waals surface area contributed by atoms with Crippen LogP contribution in [-0.4, -0.2) is 117 Å². The van der Waals surface area contributed by atoms with Gasteiger partial charge in [-0.1, -0.05) is 83.5 Å². The molecule has 9 N–H and O–H groups in total. The SMILES string of the molecule is CC(C)[C@H](NC(=O)CCCCCN1C(=O)C=CC1=O)C(=O)N[C@@H](CCCNC(N)=O)C(=O)Nc1ccc(COC(=O)N[C@H](CF)CCN(C(=O)NO)[C@@H](c2nc(-c3cc(F)ccc3F)cn2Cc2ccccc2)C(C)(C)C)cc1. The molecule has 0 radical (unpaired) electrons. The van der Waals surface area contributed by atoms with Crippen LogP contribution in [0.4, 0.5) is 33.2 Å². The van der Waals surface area contributed by atoms with Gasteiger partial charge in [-0.25, -0.2) is 38.0 Å². The molecule has 0 unspecified atom stereocenters. The molecule has 5 rings (SSSR count). The zero-order valence-electron chi connectivity index (χ0n) is 44.9. The number of benzene rings is 3. The van der Waals surface area contributed by atoms with Gasteiger partial charge in [0.2, 0.25) is 17.7 Å². The molecule has 1 aliphatic rings. The van der Waals surface area contributed by atoms with Crippen molar-refractivity contribution < 1.29 is 61.5 Å². The van der Waals surface area contributed by atoms with Crippen LogP contribution in [0, 0.1) is 23.0 Å². The van der Waals surface area contributed by atoms with E-state index >= 15 is 4.39 Å². The summed E-state index contributed by atoms with van der Waals surface area (Å²) in [5.74, 6) is -3.94. The van der Waals surface area contributed by atoms with Crippen molar-refractivity contribution >= 4 is 53.4 Å². The van der Waals surface area contributed by atoms with Crippen molar-refractivity contribution in [3.8, 4) is 11.3 Å². The third-order valence-electron chi connectivity index (χ3n) is 12.8. The van der Waals surface area contributed by atoms with Crippen LogP contribution in [0.25, 0.3) is 11.3 Å². The highest BCUT2D eigenvalue weighted by atomic mass is 19.1. The molecule has 0 saturated heterocycles. The molecular weight excluding hydrogens is 1030 g/mol. The maximum Gasteiger partial charge on any atom is 0.407 e. The van der Waals surface area contributed by atoms with Gasteiger partial charge < -0.3 is 46.5 Å². The summed E-state index contributed by atoms with van der Waals surface area (Å²) in [6, 6.07) is 12.3. The monoisotopic (exact) mass is 1100 g/mol. The van der Waals surface area contributed by atoms with Gasteiger partial charge in [0.25, 0.3) is 11.8 Å². The molecule has 0 bridgehead atoms. The van der Waals surface area contributed by atoms with Crippen molar-refractivity contribution in [2.75, 3.05) is 31.6 Å². The Hall–Kier alpha value is -8.28.